The molecule has 0 fully saturated rings. The summed E-state index contributed by atoms with van der Waals surface area (Å²) in [6, 6.07) is 8.70. The summed E-state index contributed by atoms with van der Waals surface area (Å²) in [6.45, 7) is 0.319. The molecule has 1 unspecified atom stereocenters. The van der Waals surface area contributed by atoms with E-state index in [2.05, 4.69) is 20.8 Å². The number of amides is 2. The minimum atomic E-state index is -4.49. The molecule has 3 aromatic rings. The van der Waals surface area contributed by atoms with Crippen molar-refractivity contribution in [2.24, 2.45) is 0 Å². The van der Waals surface area contributed by atoms with Crippen molar-refractivity contribution in [3.05, 3.63) is 54.0 Å². The number of hydrogen-bond donors (Lipinski definition) is 2. The van der Waals surface area contributed by atoms with Crippen LogP contribution in [0.2, 0.25) is 0 Å². The molecular weight excluding hydrogens is 419 g/mol. The summed E-state index contributed by atoms with van der Waals surface area (Å²) >= 11 is 1.08. The Morgan fingerprint density at radius 3 is 2.87 bits per heavy atom. The van der Waals surface area contributed by atoms with Gasteiger partial charge in [0.15, 0.2) is 5.65 Å². The first-order chi connectivity index (χ1) is 14.3. The Bertz CT molecular complexity index is 1110. The van der Waals surface area contributed by atoms with Gasteiger partial charge in [0, 0.05) is 30.5 Å². The second-order valence-electron chi connectivity index (χ2n) is 6.65. The SMILES string of the molecule is O=C(CC1Sc2ccc(C(F)(F)F)cc2NC1=O)NCCc1nnc2ccccn12. The van der Waals surface area contributed by atoms with E-state index in [4.69, 9.17) is 0 Å². The third-order valence-electron chi connectivity index (χ3n) is 4.55. The molecule has 4 rings (SSSR count). The van der Waals surface area contributed by atoms with Crippen molar-refractivity contribution in [3.8, 4) is 0 Å². The van der Waals surface area contributed by atoms with Gasteiger partial charge in [-0.2, -0.15) is 13.2 Å². The smallest absolute Gasteiger partial charge is 0.356 e. The van der Waals surface area contributed by atoms with Gasteiger partial charge in [-0.25, -0.2) is 0 Å². The number of anilines is 1. The number of alkyl halides is 3. The lowest BCUT2D eigenvalue weighted by Crippen LogP contribution is -2.35. The zero-order chi connectivity index (χ0) is 21.3. The van der Waals surface area contributed by atoms with Gasteiger partial charge in [-0.1, -0.05) is 6.07 Å². The van der Waals surface area contributed by atoms with Gasteiger partial charge < -0.3 is 10.6 Å². The Kier molecular flexibility index (Phi) is 5.37. The number of aromatic nitrogens is 3. The van der Waals surface area contributed by atoms with E-state index in [9.17, 15) is 22.8 Å². The normalized spacial score (nSPS) is 16.2. The molecule has 7 nitrogen and oxygen atoms in total. The number of nitrogens with zero attached hydrogens (tertiary/aromatic N) is 3. The van der Waals surface area contributed by atoms with Crippen LogP contribution in [-0.4, -0.2) is 38.2 Å². The quantitative estimate of drug-likeness (QED) is 0.644. The summed E-state index contributed by atoms with van der Waals surface area (Å²) in [6.07, 6.45) is -2.28. The number of carbonyl (C=O) groups excluding carboxylic acids is 2. The third kappa shape index (κ3) is 4.25. The van der Waals surface area contributed by atoms with Gasteiger partial charge in [-0.15, -0.1) is 22.0 Å². The highest BCUT2D eigenvalue weighted by atomic mass is 32.2. The number of halogens is 3. The summed E-state index contributed by atoms with van der Waals surface area (Å²) in [5.41, 5.74) is -0.0176. The number of benzene rings is 1. The zero-order valence-corrected chi connectivity index (χ0v) is 16.3. The zero-order valence-electron chi connectivity index (χ0n) is 15.4. The van der Waals surface area contributed by atoms with E-state index < -0.39 is 22.9 Å². The molecule has 3 heterocycles. The minimum absolute atomic E-state index is 0.0858. The molecule has 1 aliphatic heterocycles. The van der Waals surface area contributed by atoms with E-state index >= 15 is 0 Å². The van der Waals surface area contributed by atoms with E-state index in [1.165, 1.54) is 6.07 Å². The Morgan fingerprint density at radius 2 is 2.07 bits per heavy atom. The van der Waals surface area contributed by atoms with Crippen molar-refractivity contribution >= 4 is 34.9 Å². The van der Waals surface area contributed by atoms with Gasteiger partial charge in [0.1, 0.15) is 5.82 Å². The Balaban J connectivity index is 1.33. The molecule has 0 radical (unpaired) electrons. The van der Waals surface area contributed by atoms with E-state index in [-0.39, 0.29) is 18.0 Å². The Morgan fingerprint density at radius 1 is 1.23 bits per heavy atom. The molecule has 2 aromatic heterocycles. The van der Waals surface area contributed by atoms with Crippen LogP contribution in [0.25, 0.3) is 5.65 Å². The maximum atomic E-state index is 12.8. The van der Waals surface area contributed by atoms with Crippen LogP contribution in [-0.2, 0) is 22.2 Å². The molecule has 1 aliphatic rings. The molecule has 30 heavy (non-hydrogen) atoms. The molecular formula is C19H16F3N5O2S. The lowest BCUT2D eigenvalue weighted by molar-refractivity contribution is -0.137. The van der Waals surface area contributed by atoms with Gasteiger partial charge in [0.2, 0.25) is 11.8 Å². The second-order valence-corrected chi connectivity index (χ2v) is 7.90. The number of hydrogen-bond acceptors (Lipinski definition) is 5. The lowest BCUT2D eigenvalue weighted by Gasteiger charge is -2.24. The molecule has 1 atom stereocenters. The summed E-state index contributed by atoms with van der Waals surface area (Å²) < 4.78 is 40.3. The summed E-state index contributed by atoms with van der Waals surface area (Å²) in [5, 5.41) is 12.6. The number of carbonyl (C=O) groups is 2. The molecule has 0 bridgehead atoms. The van der Waals surface area contributed by atoms with E-state index in [0.717, 1.165) is 23.9 Å². The average molecular weight is 435 g/mol. The average Bonchev–Trinajstić information content (AvgIpc) is 3.11. The van der Waals surface area contributed by atoms with Crippen molar-refractivity contribution in [3.63, 3.8) is 0 Å². The van der Waals surface area contributed by atoms with Crippen molar-refractivity contribution < 1.29 is 22.8 Å². The fourth-order valence-electron chi connectivity index (χ4n) is 3.08. The largest absolute Gasteiger partial charge is 0.416 e. The van der Waals surface area contributed by atoms with Gasteiger partial charge in [-0.05, 0) is 30.3 Å². The second kappa shape index (κ2) is 7.98. The fraction of sp³-hybridized carbons (Fsp3) is 0.263. The highest BCUT2D eigenvalue weighted by molar-refractivity contribution is 8.01. The van der Waals surface area contributed by atoms with Crippen molar-refractivity contribution in [2.45, 2.75) is 29.2 Å². The van der Waals surface area contributed by atoms with Crippen LogP contribution in [0.5, 0.6) is 0 Å². The predicted octanol–water partition coefficient (Wildman–Crippen LogP) is 2.91. The number of rotatable bonds is 5. The molecule has 1 aromatic carbocycles. The molecule has 2 amide bonds. The first-order valence-corrected chi connectivity index (χ1v) is 9.93. The highest BCUT2D eigenvalue weighted by Crippen LogP contribution is 2.40. The van der Waals surface area contributed by atoms with Gasteiger partial charge in [-0.3, -0.25) is 14.0 Å². The Hall–Kier alpha value is -3.08. The van der Waals surface area contributed by atoms with Crippen molar-refractivity contribution in [1.82, 2.24) is 19.9 Å². The topological polar surface area (TPSA) is 88.4 Å². The number of pyridine rings is 1. The molecule has 0 saturated carbocycles. The number of thioether (sulfide) groups is 1. The fourth-order valence-corrected chi connectivity index (χ4v) is 4.17. The van der Waals surface area contributed by atoms with Crippen LogP contribution in [0.3, 0.4) is 0 Å². The van der Waals surface area contributed by atoms with Crippen LogP contribution in [0.1, 0.15) is 17.8 Å². The van der Waals surface area contributed by atoms with Crippen LogP contribution >= 0.6 is 11.8 Å². The molecule has 156 valence electrons. The minimum Gasteiger partial charge on any atom is -0.356 e. The first-order valence-electron chi connectivity index (χ1n) is 9.05. The van der Waals surface area contributed by atoms with Crippen molar-refractivity contribution in [1.29, 1.82) is 0 Å². The Labute approximate surface area is 173 Å². The summed E-state index contributed by atoms with van der Waals surface area (Å²) in [4.78, 5) is 25.0. The summed E-state index contributed by atoms with van der Waals surface area (Å²) in [7, 11) is 0. The maximum Gasteiger partial charge on any atom is 0.416 e. The van der Waals surface area contributed by atoms with Crippen LogP contribution in [0, 0.1) is 0 Å². The van der Waals surface area contributed by atoms with Crippen LogP contribution in [0.15, 0.2) is 47.5 Å². The van der Waals surface area contributed by atoms with Crippen molar-refractivity contribution in [2.75, 3.05) is 11.9 Å². The third-order valence-corrected chi connectivity index (χ3v) is 5.83. The maximum absolute atomic E-state index is 12.8. The molecule has 0 aliphatic carbocycles. The standard InChI is InChI=1S/C19H16F3N5O2S/c20-19(21,22)11-4-5-13-12(9-11)24-18(29)14(30-13)10-17(28)23-7-6-16-26-25-15-3-1-2-8-27(15)16/h1-5,8-9,14H,6-7,10H2,(H,23,28)(H,24,29). The summed E-state index contributed by atoms with van der Waals surface area (Å²) in [5.74, 6) is -0.123. The van der Waals surface area contributed by atoms with Gasteiger partial charge in [0.25, 0.3) is 0 Å². The van der Waals surface area contributed by atoms with Gasteiger partial charge >= 0.3 is 6.18 Å². The highest BCUT2D eigenvalue weighted by Gasteiger charge is 2.34. The van der Waals surface area contributed by atoms with E-state index in [1.807, 2.05) is 28.8 Å². The van der Waals surface area contributed by atoms with Gasteiger partial charge in [0.05, 0.1) is 16.5 Å². The van der Waals surface area contributed by atoms with E-state index in [1.54, 1.807) is 0 Å². The first kappa shape index (κ1) is 20.2. The molecule has 11 heteroatoms. The lowest BCUT2D eigenvalue weighted by atomic mass is 10.1. The van der Waals surface area contributed by atoms with Crippen LogP contribution < -0.4 is 10.6 Å². The molecule has 0 saturated heterocycles. The van der Waals surface area contributed by atoms with E-state index in [0.29, 0.717) is 29.3 Å². The molecule has 2 N–H and O–H groups in total. The number of nitrogens with one attached hydrogen (secondary N) is 2. The monoisotopic (exact) mass is 435 g/mol. The number of fused-ring (bicyclic) bond motifs is 2. The molecule has 0 spiro atoms. The van der Waals surface area contributed by atoms with Crippen LogP contribution in [0.4, 0.5) is 18.9 Å². The predicted molar refractivity (Wildman–Crippen MR) is 104 cm³/mol.